The lowest BCUT2D eigenvalue weighted by Gasteiger charge is -2.48. The van der Waals surface area contributed by atoms with E-state index < -0.39 is 0 Å². The zero-order valence-corrected chi connectivity index (χ0v) is 13.0. The Hall–Kier alpha value is -1.18. The summed E-state index contributed by atoms with van der Waals surface area (Å²) in [5, 5.41) is 0. The number of anilines is 1. The molecule has 0 saturated heterocycles. The fraction of sp³-hybridized carbons (Fsp3) is 0.667. The van der Waals surface area contributed by atoms with Gasteiger partial charge in [-0.15, -0.1) is 0 Å². The number of methoxy groups -OCH3 is 1. The van der Waals surface area contributed by atoms with E-state index in [0.29, 0.717) is 0 Å². The molecule has 3 rings (SSSR count). The average molecular weight is 273 g/mol. The first-order valence-electron chi connectivity index (χ1n) is 7.94. The number of ether oxygens (including phenoxy) is 1. The number of hydrogen-bond acceptors (Lipinski definition) is 2. The molecule has 2 nitrogen and oxygen atoms in total. The molecule has 2 aliphatic rings. The topological polar surface area (TPSA) is 35.2 Å². The summed E-state index contributed by atoms with van der Waals surface area (Å²) < 4.78 is 5.61. The van der Waals surface area contributed by atoms with Crippen LogP contribution in [-0.2, 0) is 5.41 Å². The SMILES string of the molecule is COc1ccc(N)cc1C1(C)CC2CC(C)CC(C2)C1. The smallest absolute Gasteiger partial charge is 0.122 e. The van der Waals surface area contributed by atoms with Crippen LogP contribution in [0.2, 0.25) is 0 Å². The van der Waals surface area contributed by atoms with Crippen LogP contribution in [0.4, 0.5) is 5.69 Å². The van der Waals surface area contributed by atoms with Crippen molar-refractivity contribution in [3.05, 3.63) is 23.8 Å². The highest BCUT2D eigenvalue weighted by molar-refractivity contribution is 5.51. The number of nitrogens with two attached hydrogens (primary N) is 1. The molecule has 0 spiro atoms. The van der Waals surface area contributed by atoms with E-state index in [1.165, 1.54) is 37.7 Å². The van der Waals surface area contributed by atoms with E-state index in [4.69, 9.17) is 10.5 Å². The summed E-state index contributed by atoms with van der Waals surface area (Å²) in [4.78, 5) is 0. The van der Waals surface area contributed by atoms with Gasteiger partial charge in [0.2, 0.25) is 0 Å². The van der Waals surface area contributed by atoms with E-state index in [9.17, 15) is 0 Å². The van der Waals surface area contributed by atoms with Gasteiger partial charge in [-0.3, -0.25) is 0 Å². The van der Waals surface area contributed by atoms with Gasteiger partial charge >= 0.3 is 0 Å². The fourth-order valence-corrected chi connectivity index (χ4v) is 5.01. The maximum Gasteiger partial charge on any atom is 0.122 e. The van der Waals surface area contributed by atoms with Gasteiger partial charge in [0.05, 0.1) is 7.11 Å². The summed E-state index contributed by atoms with van der Waals surface area (Å²) in [6.45, 7) is 4.84. The first-order valence-corrected chi connectivity index (χ1v) is 7.94. The Balaban J connectivity index is 1.95. The minimum Gasteiger partial charge on any atom is -0.496 e. The number of hydrogen-bond donors (Lipinski definition) is 1. The number of nitrogen functional groups attached to an aromatic ring is 1. The predicted octanol–water partition coefficient (Wildman–Crippen LogP) is 4.38. The maximum atomic E-state index is 6.03. The van der Waals surface area contributed by atoms with Crippen LogP contribution in [0.1, 0.15) is 51.5 Å². The van der Waals surface area contributed by atoms with Gasteiger partial charge in [0.25, 0.3) is 0 Å². The van der Waals surface area contributed by atoms with Crippen molar-refractivity contribution in [3.8, 4) is 5.75 Å². The normalized spacial score (nSPS) is 36.6. The Bertz CT molecular complexity index is 478. The molecule has 0 heterocycles. The highest BCUT2D eigenvalue weighted by atomic mass is 16.5. The van der Waals surface area contributed by atoms with Gasteiger partial charge in [-0.1, -0.05) is 13.8 Å². The first-order chi connectivity index (χ1) is 9.50. The predicted molar refractivity (Wildman–Crippen MR) is 84.0 cm³/mol. The molecule has 0 aliphatic heterocycles. The Kier molecular flexibility index (Phi) is 3.43. The van der Waals surface area contributed by atoms with Gasteiger partial charge in [-0.25, -0.2) is 0 Å². The first kappa shape index (κ1) is 13.8. The Labute approximate surface area is 122 Å². The van der Waals surface area contributed by atoms with E-state index in [1.807, 2.05) is 12.1 Å². The Morgan fingerprint density at radius 1 is 1.15 bits per heavy atom. The number of fused-ring (bicyclic) bond motifs is 2. The van der Waals surface area contributed by atoms with Gasteiger partial charge in [0, 0.05) is 11.3 Å². The molecule has 2 heteroatoms. The van der Waals surface area contributed by atoms with Crippen LogP contribution in [0, 0.1) is 17.8 Å². The molecule has 1 aromatic rings. The molecular formula is C18H27NO. The van der Waals surface area contributed by atoms with E-state index in [2.05, 4.69) is 19.9 Å². The van der Waals surface area contributed by atoms with Crippen molar-refractivity contribution in [2.45, 2.75) is 51.4 Å². The van der Waals surface area contributed by atoms with Crippen LogP contribution in [0.5, 0.6) is 5.75 Å². The lowest BCUT2D eigenvalue weighted by Crippen LogP contribution is -2.39. The molecule has 110 valence electrons. The van der Waals surface area contributed by atoms with E-state index in [-0.39, 0.29) is 5.41 Å². The molecular weight excluding hydrogens is 246 g/mol. The van der Waals surface area contributed by atoms with Gasteiger partial charge in [0.1, 0.15) is 5.75 Å². The van der Waals surface area contributed by atoms with Crippen molar-refractivity contribution in [2.24, 2.45) is 17.8 Å². The van der Waals surface area contributed by atoms with Gasteiger partial charge in [-0.2, -0.15) is 0 Å². The molecule has 1 aromatic carbocycles. The second kappa shape index (κ2) is 4.98. The zero-order valence-electron chi connectivity index (χ0n) is 13.0. The van der Waals surface area contributed by atoms with E-state index in [1.54, 1.807) is 7.11 Å². The van der Waals surface area contributed by atoms with Gasteiger partial charge in [0.15, 0.2) is 0 Å². The maximum absolute atomic E-state index is 6.03. The molecule has 0 aromatic heterocycles. The molecule has 0 radical (unpaired) electrons. The standard InChI is InChI=1S/C18H27NO/c1-12-6-13-8-14(7-12)11-18(2,10-13)16-9-15(19)4-5-17(16)20-3/h4-5,9,12-14H,6-8,10-11,19H2,1-3H3. The monoisotopic (exact) mass is 273 g/mol. The summed E-state index contributed by atoms with van der Waals surface area (Å²) in [7, 11) is 1.77. The van der Waals surface area contributed by atoms with Crippen molar-refractivity contribution in [1.29, 1.82) is 0 Å². The minimum absolute atomic E-state index is 0.231. The summed E-state index contributed by atoms with van der Waals surface area (Å²) in [5.41, 5.74) is 8.44. The molecule has 2 bridgehead atoms. The van der Waals surface area contributed by atoms with E-state index in [0.717, 1.165) is 29.2 Å². The Morgan fingerprint density at radius 2 is 1.80 bits per heavy atom. The fourth-order valence-electron chi connectivity index (χ4n) is 5.01. The highest BCUT2D eigenvalue weighted by Crippen LogP contribution is 2.53. The van der Waals surface area contributed by atoms with Crippen LogP contribution in [0.3, 0.4) is 0 Å². The van der Waals surface area contributed by atoms with Crippen molar-refractivity contribution in [3.63, 3.8) is 0 Å². The molecule has 2 unspecified atom stereocenters. The third-order valence-electron chi connectivity index (χ3n) is 5.49. The van der Waals surface area contributed by atoms with Crippen LogP contribution < -0.4 is 10.5 Å². The largest absolute Gasteiger partial charge is 0.496 e. The van der Waals surface area contributed by atoms with Crippen molar-refractivity contribution in [2.75, 3.05) is 12.8 Å². The van der Waals surface area contributed by atoms with Gasteiger partial charge in [-0.05, 0) is 73.5 Å². The third-order valence-corrected chi connectivity index (χ3v) is 5.49. The molecule has 2 atom stereocenters. The minimum atomic E-state index is 0.231. The molecule has 2 aliphatic carbocycles. The van der Waals surface area contributed by atoms with Crippen LogP contribution in [0.25, 0.3) is 0 Å². The molecule has 2 fully saturated rings. The highest BCUT2D eigenvalue weighted by Gasteiger charge is 2.42. The number of rotatable bonds is 2. The second-order valence-corrected chi connectivity index (χ2v) is 7.47. The summed E-state index contributed by atoms with van der Waals surface area (Å²) in [6, 6.07) is 6.11. The lowest BCUT2D eigenvalue weighted by atomic mass is 9.57. The van der Waals surface area contributed by atoms with Crippen molar-refractivity contribution in [1.82, 2.24) is 0 Å². The average Bonchev–Trinajstić information content (AvgIpc) is 2.37. The quantitative estimate of drug-likeness (QED) is 0.811. The third kappa shape index (κ3) is 2.41. The Morgan fingerprint density at radius 3 is 2.40 bits per heavy atom. The number of benzene rings is 1. The van der Waals surface area contributed by atoms with E-state index >= 15 is 0 Å². The molecule has 2 saturated carbocycles. The zero-order chi connectivity index (χ0) is 14.3. The molecule has 20 heavy (non-hydrogen) atoms. The van der Waals surface area contributed by atoms with Crippen molar-refractivity contribution < 1.29 is 4.74 Å². The summed E-state index contributed by atoms with van der Waals surface area (Å²) in [5.74, 6) is 3.68. The van der Waals surface area contributed by atoms with Crippen LogP contribution in [-0.4, -0.2) is 7.11 Å². The summed E-state index contributed by atoms with van der Waals surface area (Å²) in [6.07, 6.45) is 6.80. The van der Waals surface area contributed by atoms with Crippen molar-refractivity contribution >= 4 is 5.69 Å². The summed E-state index contributed by atoms with van der Waals surface area (Å²) >= 11 is 0. The second-order valence-electron chi connectivity index (χ2n) is 7.47. The van der Waals surface area contributed by atoms with Crippen LogP contribution >= 0.6 is 0 Å². The van der Waals surface area contributed by atoms with Gasteiger partial charge < -0.3 is 10.5 Å². The van der Waals surface area contributed by atoms with Crippen LogP contribution in [0.15, 0.2) is 18.2 Å². The molecule has 0 amide bonds. The molecule has 2 N–H and O–H groups in total. The lowest BCUT2D eigenvalue weighted by molar-refractivity contribution is 0.0886.